The third kappa shape index (κ3) is 2.46. The third-order valence-electron chi connectivity index (χ3n) is 4.18. The molecule has 0 saturated heterocycles. The lowest BCUT2D eigenvalue weighted by Gasteiger charge is -2.29. The first kappa shape index (κ1) is 13.0. The van der Waals surface area contributed by atoms with Crippen molar-refractivity contribution in [2.75, 3.05) is 11.4 Å². The van der Waals surface area contributed by atoms with Crippen molar-refractivity contribution in [3.63, 3.8) is 0 Å². The number of benzene rings is 2. The third-order valence-corrected chi connectivity index (χ3v) is 4.18. The number of hydrogen-bond donors (Lipinski definition) is 0. The van der Waals surface area contributed by atoms with Crippen LogP contribution in [-0.4, -0.2) is 16.5 Å². The summed E-state index contributed by atoms with van der Waals surface area (Å²) in [7, 11) is 0. The summed E-state index contributed by atoms with van der Waals surface area (Å²) < 4.78 is 0. The first-order valence-corrected chi connectivity index (χ1v) is 7.59. The van der Waals surface area contributed by atoms with Crippen molar-refractivity contribution in [2.45, 2.75) is 13.0 Å². The molecule has 0 bridgehead atoms. The molecule has 0 unspecified atom stereocenters. The molecule has 2 heterocycles. The van der Waals surface area contributed by atoms with Crippen LogP contribution in [0.25, 0.3) is 11.3 Å². The van der Waals surface area contributed by atoms with Crippen LogP contribution in [0.5, 0.6) is 0 Å². The Bertz CT molecular complexity index is 783. The molecular formula is C19H17N3. The van der Waals surface area contributed by atoms with E-state index >= 15 is 0 Å². The lowest BCUT2D eigenvalue weighted by Crippen LogP contribution is -2.31. The van der Waals surface area contributed by atoms with Gasteiger partial charge in [-0.05, 0) is 17.5 Å². The van der Waals surface area contributed by atoms with E-state index in [1.165, 1.54) is 11.1 Å². The van der Waals surface area contributed by atoms with Crippen molar-refractivity contribution >= 4 is 5.82 Å². The van der Waals surface area contributed by atoms with E-state index in [1.807, 2.05) is 18.2 Å². The van der Waals surface area contributed by atoms with Gasteiger partial charge in [-0.2, -0.15) is 0 Å². The number of fused-ring (bicyclic) bond motifs is 1. The molecule has 2 aromatic carbocycles. The fraction of sp³-hybridized carbons (Fsp3) is 0.158. The number of anilines is 1. The fourth-order valence-electron chi connectivity index (χ4n) is 2.98. The fourth-order valence-corrected chi connectivity index (χ4v) is 2.98. The Balaban J connectivity index is 1.64. The summed E-state index contributed by atoms with van der Waals surface area (Å²) in [5, 5.41) is 0. The Morgan fingerprint density at radius 2 is 1.59 bits per heavy atom. The lowest BCUT2D eigenvalue weighted by molar-refractivity contribution is 0.719. The average Bonchev–Trinajstić information content (AvgIpc) is 2.62. The standard InChI is InChI=1S/C19H17N3/c1-2-7-16(8-3-1)18-12-19(21-14-20-18)22-11-10-15-6-4-5-9-17(15)13-22/h1-9,12,14H,10-11,13H2. The molecule has 0 spiro atoms. The molecule has 1 aromatic heterocycles. The molecule has 0 radical (unpaired) electrons. The Morgan fingerprint density at radius 1 is 0.818 bits per heavy atom. The SMILES string of the molecule is c1ccc(-c2cc(N3CCc4ccccc4C3)ncn2)cc1. The van der Waals surface area contributed by atoms with Gasteiger partial charge in [0.1, 0.15) is 12.1 Å². The smallest absolute Gasteiger partial charge is 0.132 e. The van der Waals surface area contributed by atoms with E-state index in [1.54, 1.807) is 6.33 Å². The topological polar surface area (TPSA) is 29.0 Å². The zero-order valence-electron chi connectivity index (χ0n) is 12.3. The average molecular weight is 287 g/mol. The summed E-state index contributed by atoms with van der Waals surface area (Å²) >= 11 is 0. The van der Waals surface area contributed by atoms with E-state index in [0.717, 1.165) is 36.6 Å². The van der Waals surface area contributed by atoms with Crippen molar-refractivity contribution in [3.05, 3.63) is 78.1 Å². The Morgan fingerprint density at radius 3 is 2.45 bits per heavy atom. The normalized spacial score (nSPS) is 13.7. The Hall–Kier alpha value is -2.68. The first-order chi connectivity index (χ1) is 10.9. The molecule has 3 aromatic rings. The van der Waals surface area contributed by atoms with Crippen LogP contribution < -0.4 is 4.90 Å². The van der Waals surface area contributed by atoms with Gasteiger partial charge in [0.05, 0.1) is 5.69 Å². The second-order valence-electron chi connectivity index (χ2n) is 5.57. The molecule has 4 rings (SSSR count). The molecule has 108 valence electrons. The van der Waals surface area contributed by atoms with E-state index in [9.17, 15) is 0 Å². The maximum absolute atomic E-state index is 4.48. The number of hydrogen-bond acceptors (Lipinski definition) is 3. The predicted molar refractivity (Wildman–Crippen MR) is 88.7 cm³/mol. The maximum atomic E-state index is 4.48. The van der Waals surface area contributed by atoms with Crippen molar-refractivity contribution in [2.24, 2.45) is 0 Å². The van der Waals surface area contributed by atoms with Gasteiger partial charge in [-0.15, -0.1) is 0 Å². The van der Waals surface area contributed by atoms with Crippen LogP contribution in [0.15, 0.2) is 67.0 Å². The van der Waals surface area contributed by atoms with Crippen LogP contribution in [0.2, 0.25) is 0 Å². The number of aromatic nitrogens is 2. The molecule has 0 fully saturated rings. The van der Waals surface area contributed by atoms with Gasteiger partial charge in [0.25, 0.3) is 0 Å². The minimum Gasteiger partial charge on any atom is -0.352 e. The second-order valence-corrected chi connectivity index (χ2v) is 5.57. The van der Waals surface area contributed by atoms with Crippen LogP contribution in [0, 0.1) is 0 Å². The quantitative estimate of drug-likeness (QED) is 0.719. The van der Waals surface area contributed by atoms with Gasteiger partial charge in [-0.3, -0.25) is 0 Å². The zero-order chi connectivity index (χ0) is 14.8. The molecule has 22 heavy (non-hydrogen) atoms. The molecular weight excluding hydrogens is 270 g/mol. The summed E-state index contributed by atoms with van der Waals surface area (Å²) in [5.41, 5.74) is 4.96. The summed E-state index contributed by atoms with van der Waals surface area (Å²) in [4.78, 5) is 11.2. The van der Waals surface area contributed by atoms with Crippen molar-refractivity contribution in [1.82, 2.24) is 9.97 Å². The summed E-state index contributed by atoms with van der Waals surface area (Å²) in [6.07, 6.45) is 2.74. The zero-order valence-corrected chi connectivity index (χ0v) is 12.3. The van der Waals surface area contributed by atoms with Crippen LogP contribution in [0.3, 0.4) is 0 Å². The minimum absolute atomic E-state index is 0.918. The van der Waals surface area contributed by atoms with Gasteiger partial charge in [0.15, 0.2) is 0 Å². The lowest BCUT2D eigenvalue weighted by atomic mass is 10.00. The van der Waals surface area contributed by atoms with Gasteiger partial charge >= 0.3 is 0 Å². The van der Waals surface area contributed by atoms with E-state index in [4.69, 9.17) is 0 Å². The van der Waals surface area contributed by atoms with Crippen LogP contribution in [0.1, 0.15) is 11.1 Å². The molecule has 0 aliphatic carbocycles. The molecule has 3 heteroatoms. The molecule has 0 atom stereocenters. The molecule has 1 aliphatic heterocycles. The van der Waals surface area contributed by atoms with Gasteiger partial charge in [-0.25, -0.2) is 9.97 Å². The van der Waals surface area contributed by atoms with E-state index in [2.05, 4.69) is 57.3 Å². The number of rotatable bonds is 2. The monoisotopic (exact) mass is 287 g/mol. The van der Waals surface area contributed by atoms with Crippen molar-refractivity contribution in [3.8, 4) is 11.3 Å². The number of nitrogens with zero attached hydrogens (tertiary/aromatic N) is 3. The van der Waals surface area contributed by atoms with Crippen LogP contribution in [0.4, 0.5) is 5.82 Å². The minimum atomic E-state index is 0.918. The molecule has 0 N–H and O–H groups in total. The van der Waals surface area contributed by atoms with Crippen LogP contribution in [-0.2, 0) is 13.0 Å². The van der Waals surface area contributed by atoms with Gasteiger partial charge in [-0.1, -0.05) is 54.6 Å². The van der Waals surface area contributed by atoms with Gasteiger partial charge in [0.2, 0.25) is 0 Å². The van der Waals surface area contributed by atoms with E-state index < -0.39 is 0 Å². The first-order valence-electron chi connectivity index (χ1n) is 7.59. The highest BCUT2D eigenvalue weighted by molar-refractivity contribution is 5.62. The Kier molecular flexibility index (Phi) is 3.31. The van der Waals surface area contributed by atoms with Crippen molar-refractivity contribution < 1.29 is 0 Å². The Labute approximate surface area is 130 Å². The predicted octanol–water partition coefficient (Wildman–Crippen LogP) is 3.71. The summed E-state index contributed by atoms with van der Waals surface area (Å²) in [6, 6.07) is 21.0. The summed E-state index contributed by atoms with van der Waals surface area (Å²) in [5.74, 6) is 1.00. The van der Waals surface area contributed by atoms with E-state index in [-0.39, 0.29) is 0 Å². The molecule has 0 saturated carbocycles. The maximum Gasteiger partial charge on any atom is 0.132 e. The molecule has 3 nitrogen and oxygen atoms in total. The largest absolute Gasteiger partial charge is 0.352 e. The molecule has 0 amide bonds. The highest BCUT2D eigenvalue weighted by Crippen LogP contribution is 2.25. The highest BCUT2D eigenvalue weighted by atomic mass is 15.2. The highest BCUT2D eigenvalue weighted by Gasteiger charge is 2.17. The second kappa shape index (κ2) is 5.60. The van der Waals surface area contributed by atoms with Crippen molar-refractivity contribution in [1.29, 1.82) is 0 Å². The van der Waals surface area contributed by atoms with Crippen LogP contribution >= 0.6 is 0 Å². The van der Waals surface area contributed by atoms with Gasteiger partial charge in [0, 0.05) is 24.7 Å². The summed E-state index contributed by atoms with van der Waals surface area (Å²) in [6.45, 7) is 1.92. The molecule has 1 aliphatic rings. The van der Waals surface area contributed by atoms with Gasteiger partial charge < -0.3 is 4.90 Å². The van der Waals surface area contributed by atoms with E-state index in [0.29, 0.717) is 0 Å².